The number of hydrogen-bond donors (Lipinski definition) is 0. The lowest BCUT2D eigenvalue weighted by molar-refractivity contribution is -0.306. The van der Waals surface area contributed by atoms with Crippen LogP contribution in [0.25, 0.3) is 6.08 Å². The first-order valence-electron chi connectivity index (χ1n) is 5.16. The Bertz CT molecular complexity index is 342. The molecule has 0 radical (unpaired) electrons. The summed E-state index contributed by atoms with van der Waals surface area (Å²) in [6.07, 6.45) is 1.81. The lowest BCUT2D eigenvalue weighted by Gasteiger charge is -2.14. The van der Waals surface area contributed by atoms with Crippen LogP contribution in [0.3, 0.4) is 0 Å². The number of rotatable bonds is 6. The summed E-state index contributed by atoms with van der Waals surface area (Å²) in [6, 6.07) is 7.99. The number of alkyl halides is 1. The lowest BCUT2D eigenvalue weighted by Crippen LogP contribution is -2.18. The zero-order chi connectivity index (χ0) is 12.0. The van der Waals surface area contributed by atoms with E-state index in [1.807, 2.05) is 44.2 Å². The van der Waals surface area contributed by atoms with Crippen LogP contribution in [0, 0.1) is 0 Å². The van der Waals surface area contributed by atoms with E-state index in [0.29, 0.717) is 13.2 Å². The van der Waals surface area contributed by atoms with Gasteiger partial charge in [-0.05, 0) is 31.0 Å². The summed E-state index contributed by atoms with van der Waals surface area (Å²) in [5.41, 5.74) is 2.16. The average molecular weight is 285 g/mol. The SMILES string of the molecule is C=Cc1cccc(COOCC(C)(C)Br)c1. The molecule has 2 nitrogen and oxygen atoms in total. The van der Waals surface area contributed by atoms with Crippen LogP contribution in [-0.2, 0) is 16.4 Å². The minimum atomic E-state index is -0.0596. The zero-order valence-electron chi connectivity index (χ0n) is 9.70. The van der Waals surface area contributed by atoms with Crippen molar-refractivity contribution in [3.8, 4) is 0 Å². The van der Waals surface area contributed by atoms with Crippen LogP contribution < -0.4 is 0 Å². The molecule has 16 heavy (non-hydrogen) atoms. The van der Waals surface area contributed by atoms with Crippen molar-refractivity contribution in [3.05, 3.63) is 42.0 Å². The van der Waals surface area contributed by atoms with Crippen molar-refractivity contribution in [3.63, 3.8) is 0 Å². The molecule has 0 spiro atoms. The maximum Gasteiger partial charge on any atom is 0.107 e. The molecule has 0 saturated heterocycles. The molecular weight excluding hydrogens is 268 g/mol. The van der Waals surface area contributed by atoms with Crippen molar-refractivity contribution in [1.29, 1.82) is 0 Å². The van der Waals surface area contributed by atoms with Crippen LogP contribution in [0.15, 0.2) is 30.8 Å². The molecule has 0 aliphatic heterocycles. The quantitative estimate of drug-likeness (QED) is 0.341. The van der Waals surface area contributed by atoms with Crippen molar-refractivity contribution in [2.45, 2.75) is 24.8 Å². The first-order chi connectivity index (χ1) is 7.51. The Morgan fingerprint density at radius 3 is 2.75 bits per heavy atom. The molecule has 0 amide bonds. The van der Waals surface area contributed by atoms with E-state index in [4.69, 9.17) is 9.78 Å². The van der Waals surface area contributed by atoms with Gasteiger partial charge in [0, 0.05) is 4.32 Å². The molecule has 0 N–H and O–H groups in total. The van der Waals surface area contributed by atoms with Gasteiger partial charge in [0.25, 0.3) is 0 Å². The van der Waals surface area contributed by atoms with Crippen LogP contribution in [0.2, 0.25) is 0 Å². The van der Waals surface area contributed by atoms with Crippen molar-refractivity contribution in [1.82, 2.24) is 0 Å². The van der Waals surface area contributed by atoms with Crippen LogP contribution in [0.1, 0.15) is 25.0 Å². The summed E-state index contributed by atoms with van der Waals surface area (Å²) in [4.78, 5) is 10.2. The van der Waals surface area contributed by atoms with Gasteiger partial charge in [-0.25, -0.2) is 9.78 Å². The van der Waals surface area contributed by atoms with Gasteiger partial charge in [-0.2, -0.15) is 0 Å². The van der Waals surface area contributed by atoms with Crippen LogP contribution in [-0.4, -0.2) is 10.9 Å². The molecule has 88 valence electrons. The Morgan fingerprint density at radius 2 is 2.12 bits per heavy atom. The Labute approximate surface area is 105 Å². The standard InChI is InChI=1S/C13H17BrO2/c1-4-11-6-5-7-12(8-11)9-15-16-10-13(2,3)14/h4-8H,1,9-10H2,2-3H3. The highest BCUT2D eigenvalue weighted by atomic mass is 79.9. The van der Waals surface area contributed by atoms with E-state index in [2.05, 4.69) is 22.5 Å². The van der Waals surface area contributed by atoms with Crippen LogP contribution in [0.5, 0.6) is 0 Å². The van der Waals surface area contributed by atoms with E-state index in [0.717, 1.165) is 11.1 Å². The van der Waals surface area contributed by atoms with Crippen molar-refractivity contribution in [2.24, 2.45) is 0 Å². The summed E-state index contributed by atoms with van der Waals surface area (Å²) in [5.74, 6) is 0. The average Bonchev–Trinajstić information content (AvgIpc) is 2.23. The molecule has 1 aromatic rings. The van der Waals surface area contributed by atoms with Gasteiger partial charge in [-0.3, -0.25) is 0 Å². The Hall–Kier alpha value is -0.640. The van der Waals surface area contributed by atoms with E-state index in [1.54, 1.807) is 0 Å². The molecule has 0 fully saturated rings. The maximum atomic E-state index is 5.13. The maximum absolute atomic E-state index is 5.13. The summed E-state index contributed by atoms with van der Waals surface area (Å²) >= 11 is 3.47. The first kappa shape index (κ1) is 13.4. The topological polar surface area (TPSA) is 18.5 Å². The summed E-state index contributed by atoms with van der Waals surface area (Å²) in [7, 11) is 0. The van der Waals surface area contributed by atoms with E-state index in [1.165, 1.54) is 0 Å². The van der Waals surface area contributed by atoms with Gasteiger partial charge in [-0.1, -0.05) is 46.8 Å². The fourth-order valence-electron chi connectivity index (χ4n) is 1.10. The molecule has 0 aliphatic rings. The van der Waals surface area contributed by atoms with Crippen molar-refractivity contribution >= 4 is 22.0 Å². The Balaban J connectivity index is 2.34. The monoisotopic (exact) mass is 284 g/mol. The van der Waals surface area contributed by atoms with Gasteiger partial charge in [0.1, 0.15) is 6.61 Å². The second-order valence-electron chi connectivity index (χ2n) is 4.19. The van der Waals surface area contributed by atoms with E-state index in [-0.39, 0.29) is 4.32 Å². The van der Waals surface area contributed by atoms with Gasteiger partial charge >= 0.3 is 0 Å². The first-order valence-corrected chi connectivity index (χ1v) is 5.95. The largest absolute Gasteiger partial charge is 0.235 e. The van der Waals surface area contributed by atoms with E-state index in [9.17, 15) is 0 Å². The summed E-state index contributed by atoms with van der Waals surface area (Å²) in [6.45, 7) is 8.72. The third-order valence-electron chi connectivity index (χ3n) is 1.90. The van der Waals surface area contributed by atoms with Crippen molar-refractivity contribution < 1.29 is 9.78 Å². The molecule has 0 bridgehead atoms. The predicted octanol–water partition coefficient (Wildman–Crippen LogP) is 3.95. The number of hydrogen-bond acceptors (Lipinski definition) is 2. The smallest absolute Gasteiger partial charge is 0.107 e. The molecule has 0 aliphatic carbocycles. The van der Waals surface area contributed by atoms with E-state index >= 15 is 0 Å². The zero-order valence-corrected chi connectivity index (χ0v) is 11.3. The van der Waals surface area contributed by atoms with Crippen LogP contribution >= 0.6 is 15.9 Å². The molecule has 1 rings (SSSR count). The fraction of sp³-hybridized carbons (Fsp3) is 0.385. The second-order valence-corrected chi connectivity index (χ2v) is 6.34. The summed E-state index contributed by atoms with van der Waals surface area (Å²) in [5, 5.41) is 0. The molecular formula is C13H17BrO2. The number of halogens is 1. The molecule has 0 heterocycles. The van der Waals surface area contributed by atoms with Gasteiger partial charge in [0.05, 0.1) is 6.61 Å². The Kier molecular flexibility index (Phi) is 5.19. The molecule has 0 atom stereocenters. The minimum absolute atomic E-state index is 0.0596. The molecule has 3 heteroatoms. The molecule has 1 aromatic carbocycles. The molecule has 0 aromatic heterocycles. The summed E-state index contributed by atoms with van der Waals surface area (Å²) < 4.78 is -0.0596. The highest BCUT2D eigenvalue weighted by Crippen LogP contribution is 2.16. The third kappa shape index (κ3) is 5.45. The highest BCUT2D eigenvalue weighted by molar-refractivity contribution is 9.10. The van der Waals surface area contributed by atoms with Gasteiger partial charge in [0.15, 0.2) is 0 Å². The third-order valence-corrected chi connectivity index (χ3v) is 2.13. The highest BCUT2D eigenvalue weighted by Gasteiger charge is 2.12. The normalized spacial score (nSPS) is 11.4. The van der Waals surface area contributed by atoms with Crippen molar-refractivity contribution in [2.75, 3.05) is 6.61 Å². The minimum Gasteiger partial charge on any atom is -0.235 e. The predicted molar refractivity (Wildman–Crippen MR) is 70.3 cm³/mol. The van der Waals surface area contributed by atoms with Gasteiger partial charge in [-0.15, -0.1) is 0 Å². The fourth-order valence-corrected chi connectivity index (χ4v) is 1.19. The lowest BCUT2D eigenvalue weighted by atomic mass is 10.1. The molecule has 0 saturated carbocycles. The van der Waals surface area contributed by atoms with Gasteiger partial charge < -0.3 is 0 Å². The van der Waals surface area contributed by atoms with Gasteiger partial charge in [0.2, 0.25) is 0 Å². The number of benzene rings is 1. The second kappa shape index (κ2) is 6.18. The molecule has 0 unspecified atom stereocenters. The van der Waals surface area contributed by atoms with E-state index < -0.39 is 0 Å². The Morgan fingerprint density at radius 1 is 1.38 bits per heavy atom. The van der Waals surface area contributed by atoms with Crippen LogP contribution in [0.4, 0.5) is 0 Å².